The van der Waals surface area contributed by atoms with Gasteiger partial charge < -0.3 is 5.32 Å². The van der Waals surface area contributed by atoms with Crippen LogP contribution in [-0.2, 0) is 0 Å². The first-order valence-electron chi connectivity index (χ1n) is 9.67. The van der Waals surface area contributed by atoms with E-state index in [4.69, 9.17) is 0 Å². The van der Waals surface area contributed by atoms with Crippen molar-refractivity contribution in [3.8, 4) is 11.3 Å². The number of aromatic nitrogens is 5. The standard InChI is InChI=1S/C21H24N6O/c1-14-13-15(2)24-21(23-14)25-17-3-5-18(6-4-17)27-20(28)8-7-19(26-27)16-9-11-22-12-10-16/h7-13,17-18H,3-6H2,1-2H3,(H,23,24,25). The van der Waals surface area contributed by atoms with Gasteiger partial charge in [-0.2, -0.15) is 5.10 Å². The number of hydrogen-bond donors (Lipinski definition) is 1. The van der Waals surface area contributed by atoms with Crippen molar-refractivity contribution in [2.24, 2.45) is 0 Å². The molecule has 3 aromatic heterocycles. The third-order valence-corrected chi connectivity index (χ3v) is 5.16. The Morgan fingerprint density at radius 3 is 2.32 bits per heavy atom. The molecule has 1 fully saturated rings. The van der Waals surface area contributed by atoms with Crippen molar-refractivity contribution in [2.45, 2.75) is 51.6 Å². The second kappa shape index (κ2) is 7.88. The number of rotatable bonds is 4. The molecule has 1 aliphatic rings. The van der Waals surface area contributed by atoms with Gasteiger partial charge in [-0.3, -0.25) is 9.78 Å². The van der Waals surface area contributed by atoms with Crippen molar-refractivity contribution in [2.75, 3.05) is 5.32 Å². The second-order valence-electron chi connectivity index (χ2n) is 7.36. The average molecular weight is 376 g/mol. The molecule has 144 valence electrons. The van der Waals surface area contributed by atoms with E-state index in [9.17, 15) is 4.79 Å². The maximum absolute atomic E-state index is 12.4. The van der Waals surface area contributed by atoms with Crippen molar-refractivity contribution in [1.29, 1.82) is 0 Å². The van der Waals surface area contributed by atoms with Crippen LogP contribution in [0.5, 0.6) is 0 Å². The Bertz CT molecular complexity index is 989. The van der Waals surface area contributed by atoms with Crippen molar-refractivity contribution in [3.63, 3.8) is 0 Å². The minimum Gasteiger partial charge on any atom is -0.351 e. The Morgan fingerprint density at radius 1 is 0.964 bits per heavy atom. The topological polar surface area (TPSA) is 85.6 Å². The zero-order chi connectivity index (χ0) is 19.5. The summed E-state index contributed by atoms with van der Waals surface area (Å²) >= 11 is 0. The maximum atomic E-state index is 12.4. The molecule has 3 heterocycles. The Hall–Kier alpha value is -3.09. The summed E-state index contributed by atoms with van der Waals surface area (Å²) in [7, 11) is 0. The van der Waals surface area contributed by atoms with E-state index in [-0.39, 0.29) is 11.6 Å². The molecule has 1 N–H and O–H groups in total. The van der Waals surface area contributed by atoms with E-state index >= 15 is 0 Å². The molecule has 4 rings (SSSR count). The smallest absolute Gasteiger partial charge is 0.267 e. The highest BCUT2D eigenvalue weighted by Gasteiger charge is 2.24. The molecular formula is C21H24N6O. The van der Waals surface area contributed by atoms with E-state index in [2.05, 4.69) is 25.4 Å². The lowest BCUT2D eigenvalue weighted by Gasteiger charge is -2.29. The fourth-order valence-electron chi connectivity index (χ4n) is 3.80. The van der Waals surface area contributed by atoms with Gasteiger partial charge in [-0.15, -0.1) is 0 Å². The lowest BCUT2D eigenvalue weighted by atomic mass is 9.91. The van der Waals surface area contributed by atoms with Crippen LogP contribution in [0.2, 0.25) is 0 Å². The van der Waals surface area contributed by atoms with Gasteiger partial charge in [0.15, 0.2) is 0 Å². The molecule has 0 spiro atoms. The quantitative estimate of drug-likeness (QED) is 0.752. The first kappa shape index (κ1) is 18.3. The van der Waals surface area contributed by atoms with Crippen molar-refractivity contribution < 1.29 is 0 Å². The number of hydrogen-bond acceptors (Lipinski definition) is 6. The summed E-state index contributed by atoms with van der Waals surface area (Å²) in [5, 5.41) is 8.08. The van der Waals surface area contributed by atoms with E-state index in [0.29, 0.717) is 12.0 Å². The largest absolute Gasteiger partial charge is 0.351 e. The highest BCUT2D eigenvalue weighted by Crippen LogP contribution is 2.29. The first-order chi connectivity index (χ1) is 13.6. The minimum absolute atomic E-state index is 0.0492. The molecule has 0 aliphatic heterocycles. The molecule has 0 saturated heterocycles. The monoisotopic (exact) mass is 376 g/mol. The summed E-state index contributed by atoms with van der Waals surface area (Å²) in [6.45, 7) is 3.95. The van der Waals surface area contributed by atoms with E-state index in [1.807, 2.05) is 32.0 Å². The summed E-state index contributed by atoms with van der Waals surface area (Å²) in [5.41, 5.74) is 3.64. The van der Waals surface area contributed by atoms with Gasteiger partial charge in [0, 0.05) is 41.5 Å². The van der Waals surface area contributed by atoms with Crippen LogP contribution in [0, 0.1) is 13.8 Å². The number of nitrogens with zero attached hydrogens (tertiary/aromatic N) is 5. The molecule has 0 radical (unpaired) electrons. The number of nitrogens with one attached hydrogen (secondary N) is 1. The minimum atomic E-state index is -0.0492. The van der Waals surface area contributed by atoms with Crippen molar-refractivity contribution in [1.82, 2.24) is 24.7 Å². The van der Waals surface area contributed by atoms with Gasteiger partial charge in [0.25, 0.3) is 5.56 Å². The third-order valence-electron chi connectivity index (χ3n) is 5.16. The van der Waals surface area contributed by atoms with Crippen molar-refractivity contribution >= 4 is 5.95 Å². The van der Waals surface area contributed by atoms with Gasteiger partial charge in [0.1, 0.15) is 0 Å². The van der Waals surface area contributed by atoms with E-state index in [1.54, 1.807) is 29.2 Å². The fraction of sp³-hybridized carbons (Fsp3) is 0.381. The van der Waals surface area contributed by atoms with E-state index in [0.717, 1.165) is 48.3 Å². The maximum Gasteiger partial charge on any atom is 0.267 e. The molecule has 1 saturated carbocycles. The van der Waals surface area contributed by atoms with Crippen LogP contribution in [0.4, 0.5) is 5.95 Å². The van der Waals surface area contributed by atoms with Crippen molar-refractivity contribution in [3.05, 3.63) is 64.5 Å². The van der Waals surface area contributed by atoms with Crippen LogP contribution >= 0.6 is 0 Å². The summed E-state index contributed by atoms with van der Waals surface area (Å²) in [4.78, 5) is 25.4. The highest BCUT2D eigenvalue weighted by molar-refractivity contribution is 5.57. The molecule has 0 aromatic carbocycles. The van der Waals surface area contributed by atoms with Crippen LogP contribution in [0.3, 0.4) is 0 Å². The zero-order valence-electron chi connectivity index (χ0n) is 16.2. The number of pyridine rings is 1. The fourth-order valence-corrected chi connectivity index (χ4v) is 3.80. The summed E-state index contributed by atoms with van der Waals surface area (Å²) in [5.74, 6) is 0.691. The summed E-state index contributed by atoms with van der Waals surface area (Å²) in [6.07, 6.45) is 7.17. The van der Waals surface area contributed by atoms with Crippen LogP contribution < -0.4 is 10.9 Å². The number of anilines is 1. The molecule has 1 aliphatic carbocycles. The predicted molar refractivity (Wildman–Crippen MR) is 108 cm³/mol. The molecule has 3 aromatic rings. The van der Waals surface area contributed by atoms with Crippen LogP contribution in [0.15, 0.2) is 47.5 Å². The normalized spacial score (nSPS) is 19.4. The van der Waals surface area contributed by atoms with Gasteiger partial charge in [-0.25, -0.2) is 14.6 Å². The second-order valence-corrected chi connectivity index (χ2v) is 7.36. The van der Waals surface area contributed by atoms with Crippen LogP contribution in [0.1, 0.15) is 43.1 Å². The molecule has 28 heavy (non-hydrogen) atoms. The lowest BCUT2D eigenvalue weighted by molar-refractivity contribution is 0.304. The Kier molecular flexibility index (Phi) is 5.14. The SMILES string of the molecule is Cc1cc(C)nc(NC2CCC(n3nc(-c4ccncc4)ccc3=O)CC2)n1. The average Bonchev–Trinajstić information content (AvgIpc) is 2.69. The van der Waals surface area contributed by atoms with E-state index in [1.165, 1.54) is 0 Å². The highest BCUT2D eigenvalue weighted by atomic mass is 16.1. The first-order valence-corrected chi connectivity index (χ1v) is 9.67. The van der Waals surface area contributed by atoms with Crippen LogP contribution in [-0.4, -0.2) is 30.8 Å². The van der Waals surface area contributed by atoms with Gasteiger partial charge in [0.05, 0.1) is 11.7 Å². The summed E-state index contributed by atoms with van der Waals surface area (Å²) in [6, 6.07) is 9.60. The molecule has 7 nitrogen and oxygen atoms in total. The Labute approximate surface area is 163 Å². The van der Waals surface area contributed by atoms with Gasteiger partial charge in [0.2, 0.25) is 5.95 Å². The molecule has 0 atom stereocenters. The van der Waals surface area contributed by atoms with E-state index < -0.39 is 0 Å². The molecule has 0 amide bonds. The van der Waals surface area contributed by atoms with Crippen LogP contribution in [0.25, 0.3) is 11.3 Å². The number of aryl methyl sites for hydroxylation is 2. The van der Waals surface area contributed by atoms with Gasteiger partial charge in [-0.1, -0.05) is 0 Å². The Balaban J connectivity index is 1.46. The van der Waals surface area contributed by atoms with Gasteiger partial charge >= 0.3 is 0 Å². The molecular weight excluding hydrogens is 352 g/mol. The summed E-state index contributed by atoms with van der Waals surface area (Å²) < 4.78 is 1.65. The zero-order valence-corrected chi connectivity index (χ0v) is 16.2. The lowest BCUT2D eigenvalue weighted by Crippen LogP contribution is -2.33. The molecule has 7 heteroatoms. The molecule has 0 unspecified atom stereocenters. The van der Waals surface area contributed by atoms with Gasteiger partial charge in [-0.05, 0) is 63.8 Å². The predicted octanol–water partition coefficient (Wildman–Crippen LogP) is 3.31. The Morgan fingerprint density at radius 2 is 1.64 bits per heavy atom. The third kappa shape index (κ3) is 4.08. The molecule has 0 bridgehead atoms.